The maximum Gasteiger partial charge on any atom is 0.142 e. The second-order valence-corrected chi connectivity index (χ2v) is 9.27. The zero-order valence-corrected chi connectivity index (χ0v) is 18.9. The van der Waals surface area contributed by atoms with E-state index in [0.717, 1.165) is 24.9 Å². The fraction of sp³-hybridized carbons (Fsp3) is 0.357. The number of hydrogen-bond acceptors (Lipinski definition) is 3. The Hall–Kier alpha value is -2.82. The third-order valence-corrected chi connectivity index (χ3v) is 7.03. The van der Waals surface area contributed by atoms with Gasteiger partial charge < -0.3 is 9.94 Å². The van der Waals surface area contributed by atoms with E-state index in [9.17, 15) is 5.11 Å². The van der Waals surface area contributed by atoms with Crippen molar-refractivity contribution in [3.05, 3.63) is 84.1 Å². The van der Waals surface area contributed by atoms with Gasteiger partial charge in [0.1, 0.15) is 12.7 Å². The van der Waals surface area contributed by atoms with Gasteiger partial charge in [0.25, 0.3) is 0 Å². The Bertz CT molecular complexity index is 1210. The minimum absolute atomic E-state index is 0.287. The van der Waals surface area contributed by atoms with Gasteiger partial charge in [-0.2, -0.15) is 4.73 Å². The first-order valence-corrected chi connectivity index (χ1v) is 11.7. The molecule has 0 saturated carbocycles. The maximum atomic E-state index is 10.7. The number of hydrogen-bond donors (Lipinski definition) is 1. The van der Waals surface area contributed by atoms with E-state index in [1.165, 1.54) is 27.3 Å². The van der Waals surface area contributed by atoms with Crippen molar-refractivity contribution in [1.29, 1.82) is 0 Å². The van der Waals surface area contributed by atoms with Crippen LogP contribution in [0.25, 0.3) is 21.7 Å². The fourth-order valence-corrected chi connectivity index (χ4v) is 5.16. The van der Waals surface area contributed by atoms with Crippen molar-refractivity contribution in [3.8, 4) is 0 Å². The molecule has 0 amide bonds. The highest BCUT2D eigenvalue weighted by Gasteiger charge is 2.28. The summed E-state index contributed by atoms with van der Waals surface area (Å²) in [6.45, 7) is 6.31. The maximum absolute atomic E-state index is 10.7. The van der Waals surface area contributed by atoms with Crippen molar-refractivity contribution >= 4 is 21.7 Å². The van der Waals surface area contributed by atoms with E-state index in [1.54, 1.807) is 4.73 Å². The number of fused-ring (bicyclic) bond motifs is 2. The molecule has 3 atom stereocenters. The first kappa shape index (κ1) is 21.0. The largest absolute Gasteiger partial charge is 0.411 e. The van der Waals surface area contributed by atoms with Crippen LogP contribution < -0.4 is 4.84 Å². The Balaban J connectivity index is 1.17. The molecule has 4 heteroatoms. The Kier molecular flexibility index (Phi) is 5.90. The minimum Gasteiger partial charge on any atom is -0.411 e. The molecule has 5 rings (SSSR count). The van der Waals surface area contributed by atoms with Gasteiger partial charge in [0.05, 0.1) is 5.52 Å². The van der Waals surface area contributed by atoms with Crippen LogP contribution >= 0.6 is 0 Å². The molecule has 0 radical (unpaired) electrons. The topological polar surface area (TPSA) is 37.6 Å². The van der Waals surface area contributed by atoms with E-state index in [4.69, 9.17) is 4.84 Å². The summed E-state index contributed by atoms with van der Waals surface area (Å²) in [4.78, 5) is 8.33. The van der Waals surface area contributed by atoms with Crippen LogP contribution in [-0.2, 0) is 0 Å². The Morgan fingerprint density at radius 2 is 1.88 bits per heavy atom. The van der Waals surface area contributed by atoms with Gasteiger partial charge in [-0.3, -0.25) is 4.90 Å². The van der Waals surface area contributed by atoms with Gasteiger partial charge in [-0.1, -0.05) is 54.6 Å². The second-order valence-electron chi connectivity index (χ2n) is 9.27. The lowest BCUT2D eigenvalue weighted by molar-refractivity contribution is -0.00000245. The van der Waals surface area contributed by atoms with Gasteiger partial charge >= 0.3 is 0 Å². The SMILES string of the molecule is Cc1cccc2c1ccn2OC[C@@H](O)CN1CC[C@H](c2ccc3ccccc3c2)C[C@@H]1C. The molecule has 1 aromatic heterocycles. The third kappa shape index (κ3) is 4.25. The average Bonchev–Trinajstić information content (AvgIpc) is 3.23. The number of aliphatic hydroxyl groups is 1. The predicted octanol–water partition coefficient (Wildman–Crippen LogP) is 5.16. The number of aromatic nitrogens is 1. The molecule has 0 unspecified atom stereocenters. The van der Waals surface area contributed by atoms with E-state index >= 15 is 0 Å². The zero-order chi connectivity index (χ0) is 22.1. The van der Waals surface area contributed by atoms with Gasteiger partial charge in [0, 0.05) is 24.2 Å². The summed E-state index contributed by atoms with van der Waals surface area (Å²) in [6.07, 6.45) is 3.66. The Morgan fingerprint density at radius 3 is 2.72 bits per heavy atom. The molecule has 3 aromatic carbocycles. The fourth-order valence-electron chi connectivity index (χ4n) is 5.16. The highest BCUT2D eigenvalue weighted by Crippen LogP contribution is 2.33. The van der Waals surface area contributed by atoms with Gasteiger partial charge in [0.15, 0.2) is 0 Å². The summed E-state index contributed by atoms with van der Waals surface area (Å²) in [6, 6.07) is 24.2. The lowest BCUT2D eigenvalue weighted by Gasteiger charge is -2.38. The first-order valence-electron chi connectivity index (χ1n) is 11.7. The summed E-state index contributed by atoms with van der Waals surface area (Å²) in [7, 11) is 0. The highest BCUT2D eigenvalue weighted by atomic mass is 16.7. The molecule has 0 aliphatic carbocycles. The first-order chi connectivity index (χ1) is 15.6. The van der Waals surface area contributed by atoms with Crippen molar-refractivity contribution in [2.75, 3.05) is 19.7 Å². The van der Waals surface area contributed by atoms with Crippen molar-refractivity contribution in [3.63, 3.8) is 0 Å². The molecule has 1 N–H and O–H groups in total. The average molecular weight is 429 g/mol. The summed E-state index contributed by atoms with van der Waals surface area (Å²) in [5.74, 6) is 0.578. The summed E-state index contributed by atoms with van der Waals surface area (Å²) in [5.41, 5.74) is 3.71. The number of aryl methyl sites for hydroxylation is 1. The molecule has 1 aliphatic heterocycles. The molecule has 1 fully saturated rings. The van der Waals surface area contributed by atoms with Crippen LogP contribution in [0.2, 0.25) is 0 Å². The van der Waals surface area contributed by atoms with Crippen LogP contribution in [0.3, 0.4) is 0 Å². The molecular formula is C28H32N2O2. The smallest absolute Gasteiger partial charge is 0.142 e. The van der Waals surface area contributed by atoms with Crippen LogP contribution in [0.15, 0.2) is 72.9 Å². The Labute approximate surface area is 190 Å². The lowest BCUT2D eigenvalue weighted by Crippen LogP contribution is -2.45. The summed E-state index contributed by atoms with van der Waals surface area (Å²) >= 11 is 0. The van der Waals surface area contributed by atoms with E-state index in [0.29, 0.717) is 18.5 Å². The molecule has 1 saturated heterocycles. The Morgan fingerprint density at radius 1 is 1.03 bits per heavy atom. The minimum atomic E-state index is -0.517. The lowest BCUT2D eigenvalue weighted by atomic mass is 9.85. The van der Waals surface area contributed by atoms with Crippen LogP contribution in [0.1, 0.15) is 36.8 Å². The molecule has 4 nitrogen and oxygen atoms in total. The summed E-state index contributed by atoms with van der Waals surface area (Å²) < 4.78 is 1.78. The van der Waals surface area contributed by atoms with E-state index < -0.39 is 6.10 Å². The van der Waals surface area contributed by atoms with Gasteiger partial charge in [-0.15, -0.1) is 0 Å². The van der Waals surface area contributed by atoms with Crippen LogP contribution in [0, 0.1) is 6.92 Å². The standard InChI is InChI=1S/C28H32N2O2/c1-20-6-5-9-28-27(20)13-15-30(28)32-19-26(31)18-29-14-12-25(16-21(29)2)24-11-10-22-7-3-4-8-23(22)17-24/h3-11,13,15,17,21,25-26,31H,12,14,16,18-19H2,1-2H3/t21-,25-,26-/m0/s1. The molecule has 0 bridgehead atoms. The number of aliphatic hydroxyl groups excluding tert-OH is 1. The molecular weight excluding hydrogens is 396 g/mol. The number of β-amino-alcohol motifs (C(OH)–C–C–N with tert-alkyl or cyclic N) is 1. The number of likely N-dealkylation sites (tertiary alicyclic amines) is 1. The quantitative estimate of drug-likeness (QED) is 0.461. The molecule has 32 heavy (non-hydrogen) atoms. The third-order valence-electron chi connectivity index (χ3n) is 7.03. The summed E-state index contributed by atoms with van der Waals surface area (Å²) in [5, 5.41) is 14.5. The number of rotatable bonds is 6. The van der Waals surface area contributed by atoms with E-state index in [1.807, 2.05) is 18.3 Å². The van der Waals surface area contributed by atoms with Crippen molar-refractivity contribution < 1.29 is 9.94 Å². The van der Waals surface area contributed by atoms with E-state index in [-0.39, 0.29) is 6.61 Å². The normalized spacial score (nSPS) is 20.6. The number of benzene rings is 3. The van der Waals surface area contributed by atoms with Gasteiger partial charge in [-0.25, -0.2) is 0 Å². The van der Waals surface area contributed by atoms with Crippen LogP contribution in [0.4, 0.5) is 0 Å². The molecule has 166 valence electrons. The van der Waals surface area contributed by atoms with Gasteiger partial charge in [-0.05, 0) is 73.2 Å². The zero-order valence-electron chi connectivity index (χ0n) is 18.9. The molecule has 2 heterocycles. The second kappa shape index (κ2) is 8.97. The van der Waals surface area contributed by atoms with E-state index in [2.05, 4.69) is 73.3 Å². The van der Waals surface area contributed by atoms with Crippen molar-refractivity contribution in [2.24, 2.45) is 0 Å². The highest BCUT2D eigenvalue weighted by molar-refractivity contribution is 5.83. The van der Waals surface area contributed by atoms with Crippen molar-refractivity contribution in [2.45, 2.75) is 44.8 Å². The monoisotopic (exact) mass is 428 g/mol. The van der Waals surface area contributed by atoms with Crippen LogP contribution in [0.5, 0.6) is 0 Å². The van der Waals surface area contributed by atoms with Crippen molar-refractivity contribution in [1.82, 2.24) is 9.63 Å². The molecule has 1 aliphatic rings. The molecule has 4 aromatic rings. The number of nitrogens with zero attached hydrogens (tertiary/aromatic N) is 2. The number of piperidine rings is 1. The predicted molar refractivity (Wildman–Crippen MR) is 131 cm³/mol. The molecule has 0 spiro atoms. The van der Waals surface area contributed by atoms with Crippen LogP contribution in [-0.4, -0.2) is 46.6 Å². The van der Waals surface area contributed by atoms with Gasteiger partial charge in [0.2, 0.25) is 0 Å².